The van der Waals surface area contributed by atoms with E-state index in [2.05, 4.69) is 27.1 Å². The molecule has 1 aliphatic rings. The number of piperazine rings is 1. The maximum atomic E-state index is 12.7. The monoisotopic (exact) mass is 544 g/mol. The molecule has 0 unspecified atom stereocenters. The maximum Gasteiger partial charge on any atom is 0.250 e. The van der Waals surface area contributed by atoms with Crippen LogP contribution in [0.4, 0.5) is 11.4 Å². The third-order valence-corrected chi connectivity index (χ3v) is 7.01. The number of hydrogen-bond acceptors (Lipinski definition) is 6. The molecule has 5 N–H and O–H groups in total. The highest BCUT2D eigenvalue weighted by molar-refractivity contribution is 6.31. The summed E-state index contributed by atoms with van der Waals surface area (Å²) in [5.41, 5.74) is 9.01. The van der Waals surface area contributed by atoms with E-state index in [0.29, 0.717) is 33.2 Å². The van der Waals surface area contributed by atoms with Crippen LogP contribution in [-0.4, -0.2) is 77.2 Å². The first-order valence-electron chi connectivity index (χ1n) is 12.6. The fourth-order valence-corrected chi connectivity index (χ4v) is 4.87. The molecule has 1 saturated heterocycles. The molecule has 0 aliphatic carbocycles. The third kappa shape index (κ3) is 5.96. The number of likely N-dealkylation sites (N-methyl/N-ethyl adjacent to an activating group) is 1. The van der Waals surface area contributed by atoms with Gasteiger partial charge in [-0.25, -0.2) is 4.99 Å². The first-order chi connectivity index (χ1) is 18.8. The van der Waals surface area contributed by atoms with Crippen LogP contribution in [0.1, 0.15) is 21.5 Å². The number of nitrogens with zero attached hydrogens (tertiary/aromatic N) is 3. The van der Waals surface area contributed by atoms with Crippen LogP contribution in [0.15, 0.2) is 71.7 Å². The molecule has 0 radical (unpaired) electrons. The molecule has 39 heavy (non-hydrogen) atoms. The van der Waals surface area contributed by atoms with Gasteiger partial charge in [0.25, 0.3) is 5.91 Å². The van der Waals surface area contributed by atoms with E-state index in [-0.39, 0.29) is 23.9 Å². The topological polar surface area (TPSA) is 127 Å². The first kappa shape index (κ1) is 26.4. The van der Waals surface area contributed by atoms with Crippen molar-refractivity contribution in [2.75, 3.05) is 45.1 Å². The van der Waals surface area contributed by atoms with Gasteiger partial charge in [0.2, 0.25) is 5.91 Å². The van der Waals surface area contributed by atoms with E-state index < -0.39 is 5.91 Å². The summed E-state index contributed by atoms with van der Waals surface area (Å²) in [4.78, 5) is 37.2. The number of anilines is 1. The summed E-state index contributed by atoms with van der Waals surface area (Å²) in [6.45, 7) is 3.63. The zero-order valence-electron chi connectivity index (χ0n) is 21.4. The number of H-pyrrole nitrogens is 1. The highest BCUT2D eigenvalue weighted by Gasteiger charge is 2.21. The normalized spacial score (nSPS) is 15.0. The van der Waals surface area contributed by atoms with Gasteiger partial charge in [-0.2, -0.15) is 0 Å². The van der Waals surface area contributed by atoms with Crippen LogP contribution in [0.25, 0.3) is 10.9 Å². The van der Waals surface area contributed by atoms with Gasteiger partial charge in [0.05, 0.1) is 40.3 Å². The van der Waals surface area contributed by atoms with Gasteiger partial charge >= 0.3 is 0 Å². The number of nitrogens with two attached hydrogens (primary N) is 1. The lowest BCUT2D eigenvalue weighted by Crippen LogP contribution is -2.47. The van der Waals surface area contributed by atoms with Gasteiger partial charge in [0.15, 0.2) is 5.88 Å². The lowest BCUT2D eigenvalue weighted by atomic mass is 10.0. The second-order valence-electron chi connectivity index (χ2n) is 9.59. The van der Waals surface area contributed by atoms with Crippen molar-refractivity contribution in [3.63, 3.8) is 0 Å². The molecule has 2 heterocycles. The van der Waals surface area contributed by atoms with Gasteiger partial charge in [0, 0.05) is 42.2 Å². The summed E-state index contributed by atoms with van der Waals surface area (Å²) in [6.07, 6.45) is 0. The van der Waals surface area contributed by atoms with Crippen molar-refractivity contribution in [3.05, 3.63) is 88.4 Å². The SMILES string of the molecule is CN1CCN(CC(=O)Nc2ccc(N=C(c3ccccc3)c3c(O)[nH]c4cc(Cl)ccc34)cc2C(N)=O)CC1. The van der Waals surface area contributed by atoms with E-state index >= 15 is 0 Å². The van der Waals surface area contributed by atoms with E-state index in [1.54, 1.807) is 30.3 Å². The smallest absolute Gasteiger partial charge is 0.250 e. The number of carbonyl (C=O) groups is 2. The zero-order chi connectivity index (χ0) is 27.5. The highest BCUT2D eigenvalue weighted by atomic mass is 35.5. The van der Waals surface area contributed by atoms with Crippen molar-refractivity contribution >= 4 is 51.4 Å². The largest absolute Gasteiger partial charge is 0.494 e. The van der Waals surface area contributed by atoms with Crippen LogP contribution in [0.3, 0.4) is 0 Å². The van der Waals surface area contributed by atoms with E-state index in [9.17, 15) is 14.7 Å². The summed E-state index contributed by atoms with van der Waals surface area (Å²) >= 11 is 6.15. The Morgan fingerprint density at radius 3 is 2.51 bits per heavy atom. The lowest BCUT2D eigenvalue weighted by Gasteiger charge is -2.31. The van der Waals surface area contributed by atoms with Gasteiger partial charge in [-0.05, 0) is 37.4 Å². The molecule has 2 amide bonds. The van der Waals surface area contributed by atoms with Crippen LogP contribution < -0.4 is 11.1 Å². The molecule has 10 heteroatoms. The molecule has 0 spiro atoms. The van der Waals surface area contributed by atoms with Crippen molar-refractivity contribution in [2.45, 2.75) is 0 Å². The molecule has 1 aromatic heterocycles. The van der Waals surface area contributed by atoms with Gasteiger partial charge in [-0.1, -0.05) is 48.0 Å². The Bertz CT molecular complexity index is 1560. The number of aromatic nitrogens is 1. The Morgan fingerprint density at radius 1 is 1.05 bits per heavy atom. The molecular formula is C29H29ClN6O3. The van der Waals surface area contributed by atoms with E-state index in [4.69, 9.17) is 22.3 Å². The molecular weight excluding hydrogens is 516 g/mol. The predicted molar refractivity (Wildman–Crippen MR) is 154 cm³/mol. The molecule has 200 valence electrons. The summed E-state index contributed by atoms with van der Waals surface area (Å²) in [7, 11) is 2.05. The quantitative estimate of drug-likeness (QED) is 0.262. The summed E-state index contributed by atoms with van der Waals surface area (Å²) < 4.78 is 0. The summed E-state index contributed by atoms with van der Waals surface area (Å²) in [5.74, 6) is -0.962. The number of aliphatic imine (C=N–C) groups is 1. The van der Waals surface area contributed by atoms with Crippen molar-refractivity contribution in [3.8, 4) is 5.88 Å². The minimum atomic E-state index is -0.687. The maximum absolute atomic E-state index is 12.7. The lowest BCUT2D eigenvalue weighted by molar-refractivity contribution is -0.117. The third-order valence-electron chi connectivity index (χ3n) is 6.77. The van der Waals surface area contributed by atoms with Crippen LogP contribution >= 0.6 is 11.6 Å². The van der Waals surface area contributed by atoms with Gasteiger partial charge in [-0.3, -0.25) is 14.5 Å². The Kier molecular flexibility index (Phi) is 7.65. The number of primary amides is 1. The van der Waals surface area contributed by atoms with Crippen LogP contribution in [0, 0.1) is 0 Å². The average molecular weight is 545 g/mol. The van der Waals surface area contributed by atoms with Crippen molar-refractivity contribution in [2.24, 2.45) is 10.7 Å². The molecule has 4 aromatic rings. The fraction of sp³-hybridized carbons (Fsp3) is 0.207. The number of amides is 2. The fourth-order valence-electron chi connectivity index (χ4n) is 4.70. The van der Waals surface area contributed by atoms with Crippen molar-refractivity contribution in [1.82, 2.24) is 14.8 Å². The second kappa shape index (κ2) is 11.3. The molecule has 0 bridgehead atoms. The Hall–Kier alpha value is -4.18. The number of aromatic hydroxyl groups is 1. The molecule has 0 atom stereocenters. The summed E-state index contributed by atoms with van der Waals surface area (Å²) in [5, 5.41) is 15.0. The van der Waals surface area contributed by atoms with Gasteiger partial charge < -0.3 is 26.0 Å². The predicted octanol–water partition coefficient (Wildman–Crippen LogP) is 3.98. The molecule has 1 fully saturated rings. The molecule has 3 aromatic carbocycles. The number of aromatic amines is 1. The number of halogens is 1. The zero-order valence-corrected chi connectivity index (χ0v) is 22.2. The van der Waals surface area contributed by atoms with Crippen molar-refractivity contribution < 1.29 is 14.7 Å². The van der Waals surface area contributed by atoms with E-state index in [1.807, 2.05) is 36.4 Å². The average Bonchev–Trinajstić information content (AvgIpc) is 3.24. The standard InChI is InChI=1S/C29H29ClN6O3/c1-35-11-13-36(14-12-35)17-25(37)33-23-10-8-20(16-22(23)28(31)38)32-27(18-5-3-2-4-6-18)26-21-9-7-19(30)15-24(21)34-29(26)39/h2-10,15-16,34,39H,11-14,17H2,1H3,(H2,31,38)(H,33,37). The number of fused-ring (bicyclic) bond motifs is 1. The van der Waals surface area contributed by atoms with E-state index in [0.717, 1.165) is 37.1 Å². The molecule has 1 aliphatic heterocycles. The Morgan fingerprint density at radius 2 is 1.79 bits per heavy atom. The minimum absolute atomic E-state index is 0.0576. The first-order valence-corrected chi connectivity index (χ1v) is 13.0. The molecule has 0 saturated carbocycles. The number of nitrogens with one attached hydrogen (secondary N) is 2. The Labute approximate surface area is 230 Å². The molecule has 9 nitrogen and oxygen atoms in total. The van der Waals surface area contributed by atoms with Crippen LogP contribution in [0.2, 0.25) is 5.02 Å². The highest BCUT2D eigenvalue weighted by Crippen LogP contribution is 2.33. The number of rotatable bonds is 7. The summed E-state index contributed by atoms with van der Waals surface area (Å²) in [6, 6.07) is 19.6. The number of carbonyl (C=O) groups excluding carboxylic acids is 2. The van der Waals surface area contributed by atoms with Gasteiger partial charge in [-0.15, -0.1) is 0 Å². The number of hydrogen-bond donors (Lipinski definition) is 4. The Balaban J connectivity index is 1.50. The van der Waals surface area contributed by atoms with Crippen LogP contribution in [0.5, 0.6) is 5.88 Å². The van der Waals surface area contributed by atoms with E-state index in [1.165, 1.54) is 0 Å². The van der Waals surface area contributed by atoms with Crippen molar-refractivity contribution in [1.29, 1.82) is 0 Å². The second-order valence-corrected chi connectivity index (χ2v) is 10.0. The number of benzene rings is 3. The van der Waals surface area contributed by atoms with Crippen LogP contribution in [-0.2, 0) is 4.79 Å². The minimum Gasteiger partial charge on any atom is -0.494 e. The van der Waals surface area contributed by atoms with Gasteiger partial charge in [0.1, 0.15) is 0 Å². The molecule has 5 rings (SSSR count).